The maximum Gasteiger partial charge on any atom is 0.333 e. The molecule has 0 spiro atoms. The maximum atomic E-state index is 11.1. The van der Waals surface area contributed by atoms with Gasteiger partial charge in [0, 0.05) is 13.0 Å². The maximum absolute atomic E-state index is 11.1. The van der Waals surface area contributed by atoms with Gasteiger partial charge in [-0.1, -0.05) is 6.58 Å². The van der Waals surface area contributed by atoms with Crippen LogP contribution in [0, 0.1) is 6.92 Å². The van der Waals surface area contributed by atoms with Crippen LogP contribution in [0.2, 0.25) is 0 Å². The van der Waals surface area contributed by atoms with E-state index < -0.39 is 11.9 Å². The summed E-state index contributed by atoms with van der Waals surface area (Å²) in [7, 11) is 0. The number of nitrogens with zero attached hydrogens (tertiary/aromatic N) is 6. The van der Waals surface area contributed by atoms with Crippen LogP contribution in [0.25, 0.3) is 0 Å². The lowest BCUT2D eigenvalue weighted by atomic mass is 10.2. The van der Waals surface area contributed by atoms with Crippen LogP contribution in [-0.2, 0) is 19.1 Å². The Labute approximate surface area is 253 Å². The molecule has 0 aliphatic heterocycles. The number of azo groups is 3. The van der Waals surface area contributed by atoms with E-state index in [0.29, 0.717) is 45.6 Å². The lowest BCUT2D eigenvalue weighted by Gasteiger charge is -2.05. The van der Waals surface area contributed by atoms with Crippen LogP contribution in [0.4, 0.5) is 34.1 Å². The van der Waals surface area contributed by atoms with E-state index >= 15 is 0 Å². The third-order valence-electron chi connectivity index (χ3n) is 5.62. The van der Waals surface area contributed by atoms with Gasteiger partial charge in [0.25, 0.3) is 0 Å². The number of hydrogen-bond acceptors (Lipinski definition) is 12. The van der Waals surface area contributed by atoms with Crippen LogP contribution in [0.5, 0.6) is 11.5 Å². The highest BCUT2D eigenvalue weighted by atomic mass is 16.7. The van der Waals surface area contributed by atoms with E-state index in [9.17, 15) is 9.59 Å². The molecular formula is C32H28N6O6. The number of hydrogen-bond donors (Lipinski definition) is 0. The SMILES string of the molecule is C=CC(=O)OCOc1ccc(N=Nc2ccc(N=Nc3ccc(N=Nc4ccc(OCOC(C)=O)cc4)cc3)c(C)c2)cc1. The smallest absolute Gasteiger partial charge is 0.333 e. The fourth-order valence-electron chi connectivity index (χ4n) is 3.36. The molecule has 0 amide bonds. The van der Waals surface area contributed by atoms with Gasteiger partial charge in [-0.3, -0.25) is 4.79 Å². The lowest BCUT2D eigenvalue weighted by molar-refractivity contribution is -0.147. The second kappa shape index (κ2) is 15.8. The molecule has 0 unspecified atom stereocenters. The molecular weight excluding hydrogens is 564 g/mol. The largest absolute Gasteiger partial charge is 0.457 e. The zero-order valence-electron chi connectivity index (χ0n) is 24.0. The summed E-state index contributed by atoms with van der Waals surface area (Å²) in [6, 6.07) is 26.5. The molecule has 4 aromatic carbocycles. The Balaban J connectivity index is 1.28. The second-order valence-electron chi connectivity index (χ2n) is 8.90. The summed E-state index contributed by atoms with van der Waals surface area (Å²) in [4.78, 5) is 21.8. The second-order valence-corrected chi connectivity index (χ2v) is 8.90. The van der Waals surface area contributed by atoms with Crippen molar-refractivity contribution in [3.8, 4) is 11.5 Å². The van der Waals surface area contributed by atoms with Crippen LogP contribution in [-0.4, -0.2) is 25.5 Å². The highest BCUT2D eigenvalue weighted by molar-refractivity contribution is 5.81. The predicted octanol–water partition coefficient (Wildman–Crippen LogP) is 9.21. The monoisotopic (exact) mass is 592 g/mol. The van der Waals surface area contributed by atoms with E-state index in [1.165, 1.54) is 6.92 Å². The molecule has 12 nitrogen and oxygen atoms in total. The lowest BCUT2D eigenvalue weighted by Crippen LogP contribution is -2.07. The molecule has 0 saturated carbocycles. The summed E-state index contributed by atoms with van der Waals surface area (Å²) in [5.41, 5.74) is 4.83. The van der Waals surface area contributed by atoms with Crippen LogP contribution in [0.1, 0.15) is 12.5 Å². The minimum absolute atomic E-state index is 0.148. The number of esters is 2. The molecule has 0 aromatic heterocycles. The number of aryl methyl sites for hydroxylation is 1. The summed E-state index contributed by atoms with van der Waals surface area (Å²) in [5.74, 6) is 0.112. The zero-order valence-corrected chi connectivity index (χ0v) is 24.0. The van der Waals surface area contributed by atoms with Crippen molar-refractivity contribution in [2.75, 3.05) is 13.6 Å². The van der Waals surface area contributed by atoms with Gasteiger partial charge in [-0.25, -0.2) is 4.79 Å². The van der Waals surface area contributed by atoms with Gasteiger partial charge in [-0.2, -0.15) is 30.7 Å². The van der Waals surface area contributed by atoms with Crippen LogP contribution < -0.4 is 9.47 Å². The first-order chi connectivity index (χ1) is 21.4. The van der Waals surface area contributed by atoms with Crippen molar-refractivity contribution >= 4 is 46.1 Å². The number of carbonyl (C=O) groups excluding carboxylic acids is 2. The molecule has 222 valence electrons. The highest BCUT2D eigenvalue weighted by Crippen LogP contribution is 2.29. The Kier molecular flexibility index (Phi) is 11.1. The van der Waals surface area contributed by atoms with Gasteiger partial charge in [0.2, 0.25) is 13.6 Å². The van der Waals surface area contributed by atoms with Crippen molar-refractivity contribution in [1.82, 2.24) is 0 Å². The highest BCUT2D eigenvalue weighted by Gasteiger charge is 2.02. The Bertz CT molecular complexity index is 1670. The van der Waals surface area contributed by atoms with E-state index in [2.05, 4.69) is 37.3 Å². The van der Waals surface area contributed by atoms with Crippen molar-refractivity contribution in [2.45, 2.75) is 13.8 Å². The molecule has 0 bridgehead atoms. The average molecular weight is 593 g/mol. The third kappa shape index (κ3) is 10.1. The molecule has 0 aliphatic rings. The first-order valence-corrected chi connectivity index (χ1v) is 13.2. The van der Waals surface area contributed by atoms with Gasteiger partial charge in [0.1, 0.15) is 11.5 Å². The molecule has 44 heavy (non-hydrogen) atoms. The van der Waals surface area contributed by atoms with E-state index in [-0.39, 0.29) is 13.6 Å². The molecule has 0 saturated heterocycles. The topological polar surface area (TPSA) is 145 Å². The molecule has 0 atom stereocenters. The summed E-state index contributed by atoms with van der Waals surface area (Å²) < 4.78 is 20.2. The fraction of sp³-hybridized carbons (Fsp3) is 0.125. The molecule has 0 aliphatic carbocycles. The first-order valence-electron chi connectivity index (χ1n) is 13.2. The third-order valence-corrected chi connectivity index (χ3v) is 5.62. The van der Waals surface area contributed by atoms with Crippen molar-refractivity contribution in [1.29, 1.82) is 0 Å². The van der Waals surface area contributed by atoms with Gasteiger partial charge >= 0.3 is 11.9 Å². The van der Waals surface area contributed by atoms with Crippen molar-refractivity contribution in [3.05, 3.63) is 109 Å². The summed E-state index contributed by atoms with van der Waals surface area (Å²) in [5, 5.41) is 25.7. The van der Waals surface area contributed by atoms with Crippen molar-refractivity contribution < 1.29 is 28.5 Å². The number of ether oxygens (including phenoxy) is 4. The van der Waals surface area contributed by atoms with Gasteiger partial charge < -0.3 is 18.9 Å². The summed E-state index contributed by atoms with van der Waals surface area (Å²) in [6.07, 6.45) is 1.07. The van der Waals surface area contributed by atoms with E-state index in [0.717, 1.165) is 11.6 Å². The Morgan fingerprint density at radius 1 is 0.614 bits per heavy atom. The van der Waals surface area contributed by atoms with Crippen LogP contribution >= 0.6 is 0 Å². The standard InChI is InChI=1S/C32H28N6O6/c1-4-32(40)44-21-43-30-16-11-27(12-17-30)35-37-28-13-18-31(22(2)19-28)38-36-25-7-5-24(6-8-25)33-34-26-9-14-29(15-10-26)42-20-41-23(3)39/h4-19H,1,20-21H2,2-3H3. The molecule has 0 radical (unpaired) electrons. The van der Waals surface area contributed by atoms with Gasteiger partial charge in [-0.15, -0.1) is 0 Å². The van der Waals surface area contributed by atoms with E-state index in [4.69, 9.17) is 18.9 Å². The van der Waals surface area contributed by atoms with Gasteiger partial charge in [0.15, 0.2) is 0 Å². The normalized spacial score (nSPS) is 11.1. The fourth-order valence-corrected chi connectivity index (χ4v) is 3.36. The minimum Gasteiger partial charge on any atom is -0.457 e. The average Bonchev–Trinajstić information content (AvgIpc) is 3.04. The molecule has 0 heterocycles. The molecule has 0 N–H and O–H groups in total. The quantitative estimate of drug-likeness (QED) is 0.0654. The molecule has 0 fully saturated rings. The van der Waals surface area contributed by atoms with Gasteiger partial charge in [-0.05, 0) is 103 Å². The summed E-state index contributed by atoms with van der Waals surface area (Å²) >= 11 is 0. The molecule has 12 heteroatoms. The minimum atomic E-state index is -0.556. The van der Waals surface area contributed by atoms with Crippen LogP contribution in [0.3, 0.4) is 0 Å². The number of rotatable bonds is 13. The Hall–Kier alpha value is -6.04. The predicted molar refractivity (Wildman–Crippen MR) is 162 cm³/mol. The number of carbonyl (C=O) groups is 2. The summed E-state index contributed by atoms with van der Waals surface area (Å²) in [6.45, 7) is 6.20. The molecule has 4 aromatic rings. The van der Waals surface area contributed by atoms with Gasteiger partial charge in [0.05, 0.1) is 34.1 Å². The van der Waals surface area contributed by atoms with Crippen molar-refractivity contribution in [3.63, 3.8) is 0 Å². The Morgan fingerprint density at radius 2 is 1.02 bits per heavy atom. The van der Waals surface area contributed by atoms with Crippen LogP contribution in [0.15, 0.2) is 134 Å². The number of benzene rings is 4. The molecule has 4 rings (SSSR count). The van der Waals surface area contributed by atoms with Crippen molar-refractivity contribution in [2.24, 2.45) is 30.7 Å². The Morgan fingerprint density at radius 3 is 1.48 bits per heavy atom. The van der Waals surface area contributed by atoms with E-state index in [1.54, 1.807) is 78.9 Å². The first kappa shape index (κ1) is 30.9. The van der Waals surface area contributed by atoms with E-state index in [1.807, 2.05) is 19.1 Å². The zero-order chi connectivity index (χ0) is 31.1.